The molecule has 2 atom stereocenters. The Labute approximate surface area is 79.1 Å². The van der Waals surface area contributed by atoms with E-state index in [1.165, 1.54) is 12.5 Å². The largest absolute Gasteiger partial charge is 0.481 e. The number of aliphatic carboxylic acids is 1. The van der Waals surface area contributed by atoms with Crippen LogP contribution in [-0.2, 0) is 4.79 Å². The van der Waals surface area contributed by atoms with Gasteiger partial charge in [0.1, 0.15) is 0 Å². The van der Waals surface area contributed by atoms with Crippen molar-refractivity contribution >= 4 is 5.97 Å². The molecule has 3 nitrogen and oxygen atoms in total. The number of carboxylic acids is 1. The summed E-state index contributed by atoms with van der Waals surface area (Å²) < 4.78 is 0. The zero-order valence-electron chi connectivity index (χ0n) is 8.45. The Kier molecular flexibility index (Phi) is 5.39. The van der Waals surface area contributed by atoms with Gasteiger partial charge in [-0.1, -0.05) is 11.6 Å². The smallest absolute Gasteiger partial charge is 0.308 e. The molecule has 0 amide bonds. The molecular weight excluding hydrogens is 168 g/mol. The average molecular weight is 186 g/mol. The van der Waals surface area contributed by atoms with Crippen LogP contribution in [0.5, 0.6) is 0 Å². The van der Waals surface area contributed by atoms with Crippen molar-refractivity contribution in [1.29, 1.82) is 0 Å². The Balaban J connectivity index is 3.81. The van der Waals surface area contributed by atoms with Crippen LogP contribution in [0.15, 0.2) is 11.6 Å². The van der Waals surface area contributed by atoms with E-state index >= 15 is 0 Å². The maximum absolute atomic E-state index is 10.5. The summed E-state index contributed by atoms with van der Waals surface area (Å²) >= 11 is 0. The minimum absolute atomic E-state index is 0.513. The van der Waals surface area contributed by atoms with E-state index in [-0.39, 0.29) is 0 Å². The molecule has 0 aliphatic rings. The van der Waals surface area contributed by atoms with E-state index in [1.54, 1.807) is 0 Å². The monoisotopic (exact) mass is 186 g/mol. The van der Waals surface area contributed by atoms with Gasteiger partial charge in [-0.25, -0.2) is 0 Å². The fourth-order valence-corrected chi connectivity index (χ4v) is 0.957. The van der Waals surface area contributed by atoms with Crippen molar-refractivity contribution in [2.45, 2.75) is 39.7 Å². The third kappa shape index (κ3) is 5.42. The van der Waals surface area contributed by atoms with Gasteiger partial charge in [0.15, 0.2) is 0 Å². The number of hydrogen-bond acceptors (Lipinski definition) is 2. The Morgan fingerprint density at radius 2 is 2.00 bits per heavy atom. The topological polar surface area (TPSA) is 57.5 Å². The van der Waals surface area contributed by atoms with Gasteiger partial charge in [-0.15, -0.1) is 0 Å². The van der Waals surface area contributed by atoms with Gasteiger partial charge in [-0.2, -0.15) is 0 Å². The van der Waals surface area contributed by atoms with Crippen LogP contribution in [0.2, 0.25) is 0 Å². The van der Waals surface area contributed by atoms with E-state index in [0.29, 0.717) is 6.42 Å². The molecule has 0 aromatic carbocycles. The van der Waals surface area contributed by atoms with Crippen LogP contribution >= 0.6 is 0 Å². The SMILES string of the molecule is CC(C)=CCCC(O)C(C)C(=O)O. The van der Waals surface area contributed by atoms with Crippen molar-refractivity contribution in [3.63, 3.8) is 0 Å². The second-order valence-electron chi connectivity index (χ2n) is 3.55. The maximum atomic E-state index is 10.5. The molecule has 0 rings (SSSR count). The summed E-state index contributed by atoms with van der Waals surface area (Å²) in [6, 6.07) is 0. The van der Waals surface area contributed by atoms with Gasteiger partial charge < -0.3 is 10.2 Å². The molecule has 0 heterocycles. The number of aliphatic hydroxyl groups excluding tert-OH is 1. The molecule has 0 fully saturated rings. The van der Waals surface area contributed by atoms with E-state index in [0.717, 1.165) is 6.42 Å². The lowest BCUT2D eigenvalue weighted by atomic mass is 10.0. The third-order valence-electron chi connectivity index (χ3n) is 1.98. The third-order valence-corrected chi connectivity index (χ3v) is 1.98. The molecule has 76 valence electrons. The molecule has 0 radical (unpaired) electrons. The molecule has 0 aliphatic carbocycles. The highest BCUT2D eigenvalue weighted by atomic mass is 16.4. The number of aliphatic hydroxyl groups is 1. The summed E-state index contributed by atoms with van der Waals surface area (Å²) in [6.07, 6.45) is 2.51. The Bertz CT molecular complexity index is 192. The molecule has 0 aliphatic heterocycles. The quantitative estimate of drug-likeness (QED) is 0.644. The van der Waals surface area contributed by atoms with E-state index in [1.807, 2.05) is 19.9 Å². The minimum Gasteiger partial charge on any atom is -0.481 e. The standard InChI is InChI=1S/C10H18O3/c1-7(2)5-4-6-9(11)8(3)10(12)13/h5,8-9,11H,4,6H2,1-3H3,(H,12,13). The number of carbonyl (C=O) groups is 1. The predicted octanol–water partition coefficient (Wildman–Crippen LogP) is 1.81. The van der Waals surface area contributed by atoms with Crippen LogP contribution in [0.3, 0.4) is 0 Å². The highest BCUT2D eigenvalue weighted by Crippen LogP contribution is 2.10. The second kappa shape index (κ2) is 5.75. The lowest BCUT2D eigenvalue weighted by Crippen LogP contribution is -2.24. The fraction of sp³-hybridized carbons (Fsp3) is 0.700. The lowest BCUT2D eigenvalue weighted by Gasteiger charge is -2.13. The van der Waals surface area contributed by atoms with E-state index in [2.05, 4.69) is 0 Å². The van der Waals surface area contributed by atoms with Gasteiger partial charge in [0.25, 0.3) is 0 Å². The van der Waals surface area contributed by atoms with Gasteiger partial charge >= 0.3 is 5.97 Å². The minimum atomic E-state index is -0.940. The first-order chi connectivity index (χ1) is 5.95. The van der Waals surface area contributed by atoms with E-state index in [4.69, 9.17) is 5.11 Å². The van der Waals surface area contributed by atoms with E-state index in [9.17, 15) is 9.90 Å². The first kappa shape index (κ1) is 12.2. The summed E-state index contributed by atoms with van der Waals surface area (Å²) in [4.78, 5) is 10.5. The van der Waals surface area contributed by atoms with Crippen molar-refractivity contribution in [2.75, 3.05) is 0 Å². The van der Waals surface area contributed by atoms with Crippen LogP contribution in [0.1, 0.15) is 33.6 Å². The number of hydrogen-bond donors (Lipinski definition) is 2. The molecular formula is C10H18O3. The number of rotatable bonds is 5. The van der Waals surface area contributed by atoms with Crippen LogP contribution in [0.25, 0.3) is 0 Å². The summed E-state index contributed by atoms with van der Waals surface area (Å²) in [7, 11) is 0. The molecule has 2 N–H and O–H groups in total. The molecule has 0 saturated heterocycles. The number of carboxylic acid groups (broad SMARTS) is 1. The first-order valence-electron chi connectivity index (χ1n) is 4.49. The second-order valence-corrected chi connectivity index (χ2v) is 3.55. The van der Waals surface area contributed by atoms with Crippen LogP contribution in [0.4, 0.5) is 0 Å². The highest BCUT2D eigenvalue weighted by Gasteiger charge is 2.19. The lowest BCUT2D eigenvalue weighted by molar-refractivity contribution is -0.144. The van der Waals surface area contributed by atoms with Gasteiger partial charge in [0.2, 0.25) is 0 Å². The Morgan fingerprint density at radius 1 is 1.46 bits per heavy atom. The van der Waals surface area contributed by atoms with Gasteiger partial charge in [0.05, 0.1) is 12.0 Å². The van der Waals surface area contributed by atoms with Gasteiger partial charge in [-0.3, -0.25) is 4.79 Å². The van der Waals surface area contributed by atoms with Crippen molar-refractivity contribution < 1.29 is 15.0 Å². The zero-order valence-corrected chi connectivity index (χ0v) is 8.45. The molecule has 0 bridgehead atoms. The summed E-state index contributed by atoms with van der Waals surface area (Å²) in [5, 5.41) is 18.0. The van der Waals surface area contributed by atoms with Crippen molar-refractivity contribution in [1.82, 2.24) is 0 Å². The average Bonchev–Trinajstić information content (AvgIpc) is 2.02. The van der Waals surface area contributed by atoms with Gasteiger partial charge in [-0.05, 0) is 33.6 Å². The Morgan fingerprint density at radius 3 is 2.38 bits per heavy atom. The van der Waals surface area contributed by atoms with Crippen molar-refractivity contribution in [3.8, 4) is 0 Å². The van der Waals surface area contributed by atoms with E-state index < -0.39 is 18.0 Å². The van der Waals surface area contributed by atoms with Gasteiger partial charge in [0, 0.05) is 0 Å². The molecule has 13 heavy (non-hydrogen) atoms. The normalized spacial score (nSPS) is 14.8. The number of allylic oxidation sites excluding steroid dienone is 2. The molecule has 2 unspecified atom stereocenters. The molecule has 0 aromatic rings. The van der Waals surface area contributed by atoms with Crippen molar-refractivity contribution in [2.24, 2.45) is 5.92 Å². The van der Waals surface area contributed by atoms with Crippen LogP contribution < -0.4 is 0 Å². The van der Waals surface area contributed by atoms with Crippen LogP contribution in [-0.4, -0.2) is 22.3 Å². The fourth-order valence-electron chi connectivity index (χ4n) is 0.957. The molecule has 0 aromatic heterocycles. The summed E-state index contributed by atoms with van der Waals surface area (Å²) in [6.45, 7) is 5.48. The predicted molar refractivity (Wildman–Crippen MR) is 51.5 cm³/mol. The van der Waals surface area contributed by atoms with Crippen molar-refractivity contribution in [3.05, 3.63) is 11.6 Å². The maximum Gasteiger partial charge on any atom is 0.308 e. The summed E-state index contributed by atoms with van der Waals surface area (Å²) in [5.41, 5.74) is 1.19. The first-order valence-corrected chi connectivity index (χ1v) is 4.49. The highest BCUT2D eigenvalue weighted by molar-refractivity contribution is 5.70. The summed E-state index contributed by atoms with van der Waals surface area (Å²) in [5.74, 6) is -1.62. The molecule has 3 heteroatoms. The molecule has 0 spiro atoms. The Hall–Kier alpha value is -0.830. The van der Waals surface area contributed by atoms with Crippen LogP contribution in [0, 0.1) is 5.92 Å². The molecule has 0 saturated carbocycles. The zero-order chi connectivity index (χ0) is 10.4.